The molecule has 0 heterocycles. The molecule has 1 aromatic carbocycles. The maximum Gasteiger partial charge on any atom is 0.308 e. The predicted octanol–water partition coefficient (Wildman–Crippen LogP) is 2.98. The second-order valence-electron chi connectivity index (χ2n) is 5.13. The summed E-state index contributed by atoms with van der Waals surface area (Å²) in [6.07, 6.45) is 3.93. The summed E-state index contributed by atoms with van der Waals surface area (Å²) < 4.78 is 0. The molecule has 1 saturated carbocycles. The van der Waals surface area contributed by atoms with Crippen LogP contribution in [0, 0.1) is 5.92 Å². The lowest BCUT2D eigenvalue weighted by Gasteiger charge is -2.32. The SMILES string of the molecule is C[C@H](NC1CCCCC1C(=O)O)c1ccccc1. The quantitative estimate of drug-likeness (QED) is 0.860. The van der Waals surface area contributed by atoms with Gasteiger partial charge >= 0.3 is 5.97 Å². The summed E-state index contributed by atoms with van der Waals surface area (Å²) in [4.78, 5) is 11.2. The monoisotopic (exact) mass is 247 g/mol. The van der Waals surface area contributed by atoms with E-state index in [9.17, 15) is 9.90 Å². The van der Waals surface area contributed by atoms with Crippen molar-refractivity contribution in [1.29, 1.82) is 0 Å². The number of rotatable bonds is 4. The molecule has 0 bridgehead atoms. The van der Waals surface area contributed by atoms with E-state index in [0.29, 0.717) is 0 Å². The van der Waals surface area contributed by atoms with Crippen molar-refractivity contribution >= 4 is 5.97 Å². The van der Waals surface area contributed by atoms with Gasteiger partial charge in [-0.05, 0) is 25.3 Å². The average Bonchev–Trinajstić information content (AvgIpc) is 2.40. The molecule has 0 radical (unpaired) electrons. The first-order valence-electron chi connectivity index (χ1n) is 6.72. The number of carboxylic acid groups (broad SMARTS) is 1. The molecule has 3 heteroatoms. The molecule has 18 heavy (non-hydrogen) atoms. The van der Waals surface area contributed by atoms with Gasteiger partial charge in [0.15, 0.2) is 0 Å². The van der Waals surface area contributed by atoms with Gasteiger partial charge in [0.2, 0.25) is 0 Å². The van der Waals surface area contributed by atoms with Crippen molar-refractivity contribution in [2.24, 2.45) is 5.92 Å². The Morgan fingerprint density at radius 3 is 2.61 bits per heavy atom. The smallest absolute Gasteiger partial charge is 0.308 e. The van der Waals surface area contributed by atoms with Crippen molar-refractivity contribution in [3.8, 4) is 0 Å². The Balaban J connectivity index is 2.01. The lowest BCUT2D eigenvalue weighted by Crippen LogP contribution is -2.43. The van der Waals surface area contributed by atoms with E-state index in [0.717, 1.165) is 25.7 Å². The van der Waals surface area contributed by atoms with Crippen LogP contribution in [0.15, 0.2) is 30.3 Å². The number of aliphatic carboxylic acids is 1. The molecule has 1 aliphatic rings. The Labute approximate surface area is 108 Å². The molecule has 0 amide bonds. The van der Waals surface area contributed by atoms with E-state index < -0.39 is 5.97 Å². The first kappa shape index (κ1) is 13.1. The number of benzene rings is 1. The Hall–Kier alpha value is -1.35. The minimum atomic E-state index is -0.660. The van der Waals surface area contributed by atoms with Crippen LogP contribution in [0.3, 0.4) is 0 Å². The molecule has 2 rings (SSSR count). The molecule has 0 aromatic heterocycles. The van der Waals surface area contributed by atoms with E-state index >= 15 is 0 Å². The van der Waals surface area contributed by atoms with Crippen LogP contribution in [0.5, 0.6) is 0 Å². The molecule has 0 saturated heterocycles. The second kappa shape index (κ2) is 6.01. The van der Waals surface area contributed by atoms with Gasteiger partial charge in [0, 0.05) is 12.1 Å². The van der Waals surface area contributed by atoms with Crippen LogP contribution < -0.4 is 5.32 Å². The van der Waals surface area contributed by atoms with Crippen molar-refractivity contribution in [1.82, 2.24) is 5.32 Å². The highest BCUT2D eigenvalue weighted by molar-refractivity contribution is 5.71. The van der Waals surface area contributed by atoms with Crippen molar-refractivity contribution < 1.29 is 9.90 Å². The summed E-state index contributed by atoms with van der Waals surface area (Å²) in [5, 5.41) is 12.7. The lowest BCUT2D eigenvalue weighted by atomic mass is 9.84. The third kappa shape index (κ3) is 3.10. The number of carbonyl (C=O) groups is 1. The van der Waals surface area contributed by atoms with Crippen LogP contribution in [-0.2, 0) is 4.79 Å². The number of hydrogen-bond donors (Lipinski definition) is 2. The minimum Gasteiger partial charge on any atom is -0.481 e. The van der Waals surface area contributed by atoms with E-state index in [-0.39, 0.29) is 18.0 Å². The summed E-state index contributed by atoms with van der Waals surface area (Å²) in [5.74, 6) is -0.891. The highest BCUT2D eigenvalue weighted by atomic mass is 16.4. The minimum absolute atomic E-state index is 0.103. The van der Waals surface area contributed by atoms with Crippen molar-refractivity contribution in [3.05, 3.63) is 35.9 Å². The van der Waals surface area contributed by atoms with E-state index in [1.54, 1.807) is 0 Å². The van der Waals surface area contributed by atoms with Gasteiger partial charge in [-0.15, -0.1) is 0 Å². The maximum atomic E-state index is 11.2. The molecule has 3 atom stereocenters. The fourth-order valence-electron chi connectivity index (χ4n) is 2.78. The zero-order chi connectivity index (χ0) is 13.0. The number of nitrogens with one attached hydrogen (secondary N) is 1. The van der Waals surface area contributed by atoms with Crippen LogP contribution in [0.1, 0.15) is 44.2 Å². The fourth-order valence-corrected chi connectivity index (χ4v) is 2.78. The zero-order valence-corrected chi connectivity index (χ0v) is 10.8. The highest BCUT2D eigenvalue weighted by Gasteiger charge is 2.31. The fraction of sp³-hybridized carbons (Fsp3) is 0.533. The largest absolute Gasteiger partial charge is 0.481 e. The van der Waals surface area contributed by atoms with Crippen LogP contribution in [0.2, 0.25) is 0 Å². The molecule has 1 fully saturated rings. The Morgan fingerprint density at radius 2 is 1.94 bits per heavy atom. The van der Waals surface area contributed by atoms with Gasteiger partial charge in [0.25, 0.3) is 0 Å². The maximum absolute atomic E-state index is 11.2. The summed E-state index contributed by atoms with van der Waals surface area (Å²) >= 11 is 0. The van der Waals surface area contributed by atoms with Gasteiger partial charge < -0.3 is 10.4 Å². The van der Waals surface area contributed by atoms with Gasteiger partial charge in [-0.25, -0.2) is 0 Å². The van der Waals surface area contributed by atoms with Gasteiger partial charge in [-0.2, -0.15) is 0 Å². The highest BCUT2D eigenvalue weighted by Crippen LogP contribution is 2.27. The van der Waals surface area contributed by atoms with E-state index in [1.807, 2.05) is 18.2 Å². The van der Waals surface area contributed by atoms with Crippen LogP contribution >= 0.6 is 0 Å². The summed E-state index contributed by atoms with van der Waals surface area (Å²) in [7, 11) is 0. The van der Waals surface area contributed by atoms with Crippen LogP contribution in [0.4, 0.5) is 0 Å². The molecule has 2 N–H and O–H groups in total. The van der Waals surface area contributed by atoms with E-state index in [4.69, 9.17) is 0 Å². The van der Waals surface area contributed by atoms with Crippen molar-refractivity contribution in [3.63, 3.8) is 0 Å². The number of hydrogen-bond acceptors (Lipinski definition) is 2. The molecule has 1 aliphatic carbocycles. The molecule has 1 aromatic rings. The van der Waals surface area contributed by atoms with Gasteiger partial charge in [-0.3, -0.25) is 4.79 Å². The van der Waals surface area contributed by atoms with Crippen molar-refractivity contribution in [2.45, 2.75) is 44.7 Å². The van der Waals surface area contributed by atoms with Crippen LogP contribution in [0.25, 0.3) is 0 Å². The summed E-state index contributed by atoms with van der Waals surface area (Å²) in [6.45, 7) is 2.10. The zero-order valence-electron chi connectivity index (χ0n) is 10.8. The Bertz CT molecular complexity index is 391. The summed E-state index contributed by atoms with van der Waals surface area (Å²) in [6, 6.07) is 10.5. The molecule has 98 valence electrons. The lowest BCUT2D eigenvalue weighted by molar-refractivity contribution is -0.143. The molecule has 3 nitrogen and oxygen atoms in total. The third-order valence-electron chi connectivity index (χ3n) is 3.85. The molecule has 0 aliphatic heterocycles. The van der Waals surface area contributed by atoms with Crippen molar-refractivity contribution in [2.75, 3.05) is 0 Å². The van der Waals surface area contributed by atoms with Crippen LogP contribution in [-0.4, -0.2) is 17.1 Å². The first-order valence-corrected chi connectivity index (χ1v) is 6.72. The molecular formula is C15H21NO2. The Kier molecular flexibility index (Phi) is 4.37. The molecule has 2 unspecified atom stereocenters. The molecule has 0 spiro atoms. The summed E-state index contributed by atoms with van der Waals surface area (Å²) in [5.41, 5.74) is 1.22. The first-order chi connectivity index (χ1) is 8.68. The number of carboxylic acids is 1. The van der Waals surface area contributed by atoms with Gasteiger partial charge in [-0.1, -0.05) is 43.2 Å². The predicted molar refractivity (Wildman–Crippen MR) is 71.4 cm³/mol. The normalized spacial score (nSPS) is 25.6. The topological polar surface area (TPSA) is 49.3 Å². The van der Waals surface area contributed by atoms with Gasteiger partial charge in [0.05, 0.1) is 5.92 Å². The van der Waals surface area contributed by atoms with E-state index in [2.05, 4.69) is 24.4 Å². The van der Waals surface area contributed by atoms with E-state index in [1.165, 1.54) is 5.56 Å². The average molecular weight is 247 g/mol. The standard InChI is InChI=1S/C15H21NO2/c1-11(12-7-3-2-4-8-12)16-14-10-6-5-9-13(14)15(17)18/h2-4,7-8,11,13-14,16H,5-6,9-10H2,1H3,(H,17,18)/t11-,13?,14?/m0/s1. The Morgan fingerprint density at radius 1 is 1.28 bits per heavy atom. The van der Waals surface area contributed by atoms with Gasteiger partial charge in [0.1, 0.15) is 0 Å². The third-order valence-corrected chi connectivity index (χ3v) is 3.85. The molecular weight excluding hydrogens is 226 g/mol. The second-order valence-corrected chi connectivity index (χ2v) is 5.13.